The van der Waals surface area contributed by atoms with Crippen molar-refractivity contribution in [2.24, 2.45) is 0 Å². The molecule has 2 aromatic rings. The third-order valence-corrected chi connectivity index (χ3v) is 4.73. The summed E-state index contributed by atoms with van der Waals surface area (Å²) in [7, 11) is 0. The van der Waals surface area contributed by atoms with Crippen molar-refractivity contribution < 1.29 is 14.0 Å². The highest BCUT2D eigenvalue weighted by Gasteiger charge is 2.57. The fraction of sp³-hybridized carbons (Fsp3) is 0.294. The molecule has 1 aromatic heterocycles. The molecular weight excluding hydrogens is 325 g/mol. The summed E-state index contributed by atoms with van der Waals surface area (Å²) in [6.45, 7) is 1.03. The Morgan fingerprint density at radius 1 is 1.12 bits per heavy atom. The Kier molecular flexibility index (Phi) is 3.60. The molecule has 0 atom stereocenters. The molecule has 4 rings (SSSR count). The lowest BCUT2D eigenvalue weighted by atomic mass is 9.84. The third-order valence-electron chi connectivity index (χ3n) is 4.73. The van der Waals surface area contributed by atoms with Gasteiger partial charge < -0.3 is 15.1 Å². The molecule has 1 spiro atoms. The minimum atomic E-state index is -0.910. The minimum Gasteiger partial charge on any atom is -0.364 e. The van der Waals surface area contributed by atoms with Crippen LogP contribution in [0.1, 0.15) is 5.56 Å². The number of aromatic nitrogens is 2. The van der Waals surface area contributed by atoms with Crippen LogP contribution in [0.25, 0.3) is 0 Å². The number of nitrogens with one attached hydrogen (secondary N) is 1. The molecule has 0 unspecified atom stereocenters. The number of hydrogen-bond acceptors (Lipinski definition) is 5. The monoisotopic (exact) mass is 341 g/mol. The predicted molar refractivity (Wildman–Crippen MR) is 86.9 cm³/mol. The van der Waals surface area contributed by atoms with Crippen LogP contribution in [0.4, 0.5) is 10.1 Å². The van der Waals surface area contributed by atoms with Crippen molar-refractivity contribution in [3.05, 3.63) is 54.1 Å². The van der Waals surface area contributed by atoms with Gasteiger partial charge in [-0.2, -0.15) is 10.2 Å². The van der Waals surface area contributed by atoms with E-state index in [1.807, 2.05) is 11.0 Å². The van der Waals surface area contributed by atoms with E-state index in [2.05, 4.69) is 15.5 Å². The number of carbonyl (C=O) groups excluding carboxylic acids is 2. The number of carbonyl (C=O) groups is 2. The molecular formula is C17H16FN5O2. The zero-order valence-corrected chi connectivity index (χ0v) is 13.4. The molecule has 2 fully saturated rings. The summed E-state index contributed by atoms with van der Waals surface area (Å²) in [4.78, 5) is 28.6. The molecule has 1 aromatic carbocycles. The van der Waals surface area contributed by atoms with Crippen molar-refractivity contribution in [1.82, 2.24) is 20.4 Å². The van der Waals surface area contributed by atoms with Gasteiger partial charge in [-0.3, -0.25) is 9.59 Å². The summed E-state index contributed by atoms with van der Waals surface area (Å²) in [5.74, 6) is -0.634. The second kappa shape index (κ2) is 5.80. The van der Waals surface area contributed by atoms with E-state index in [4.69, 9.17) is 0 Å². The zero-order valence-electron chi connectivity index (χ0n) is 13.4. The molecule has 8 heteroatoms. The number of piperazine rings is 1. The molecule has 2 saturated heterocycles. The molecule has 0 radical (unpaired) electrons. The highest BCUT2D eigenvalue weighted by molar-refractivity contribution is 6.00. The Morgan fingerprint density at radius 3 is 2.56 bits per heavy atom. The van der Waals surface area contributed by atoms with Crippen molar-refractivity contribution in [1.29, 1.82) is 0 Å². The molecule has 2 amide bonds. The number of halogens is 1. The number of rotatable bonds is 3. The van der Waals surface area contributed by atoms with E-state index in [-0.39, 0.29) is 30.7 Å². The third kappa shape index (κ3) is 2.59. The van der Waals surface area contributed by atoms with Crippen LogP contribution >= 0.6 is 0 Å². The number of amides is 2. The first-order chi connectivity index (χ1) is 12.1. The van der Waals surface area contributed by atoms with Crippen LogP contribution < -0.4 is 10.2 Å². The van der Waals surface area contributed by atoms with E-state index >= 15 is 0 Å². The smallest absolute Gasteiger partial charge is 0.250 e. The standard InChI is InChI=1S/C17H16FN5O2/c18-13-3-1-12(2-4-13)9-23-15(24)8-19-16(25)17(23)10-22(11-17)14-5-6-20-21-7-14/h1-7H,8-11H2,(H,19,25). The summed E-state index contributed by atoms with van der Waals surface area (Å²) >= 11 is 0. The maximum atomic E-state index is 13.1. The molecule has 0 aliphatic carbocycles. The maximum absolute atomic E-state index is 13.1. The lowest BCUT2D eigenvalue weighted by molar-refractivity contribution is -0.156. The molecule has 7 nitrogen and oxygen atoms in total. The van der Waals surface area contributed by atoms with Gasteiger partial charge in [0, 0.05) is 6.54 Å². The summed E-state index contributed by atoms with van der Waals surface area (Å²) < 4.78 is 13.1. The predicted octanol–water partition coefficient (Wildman–Crippen LogP) is 0.333. The average molecular weight is 341 g/mol. The average Bonchev–Trinajstić information content (AvgIpc) is 2.59. The van der Waals surface area contributed by atoms with Crippen LogP contribution in [0, 0.1) is 5.82 Å². The van der Waals surface area contributed by atoms with E-state index in [0.29, 0.717) is 13.1 Å². The molecule has 3 heterocycles. The Balaban J connectivity index is 1.58. The number of benzene rings is 1. The van der Waals surface area contributed by atoms with Gasteiger partial charge in [0.25, 0.3) is 0 Å². The first-order valence-corrected chi connectivity index (χ1v) is 7.93. The van der Waals surface area contributed by atoms with Crippen LogP contribution in [0.15, 0.2) is 42.7 Å². The maximum Gasteiger partial charge on any atom is 0.250 e. The number of nitrogens with zero attached hydrogens (tertiary/aromatic N) is 4. The van der Waals surface area contributed by atoms with Crippen molar-refractivity contribution >= 4 is 17.5 Å². The Bertz CT molecular complexity index is 806. The fourth-order valence-corrected chi connectivity index (χ4v) is 3.34. The Hall–Kier alpha value is -3.03. The fourth-order valence-electron chi connectivity index (χ4n) is 3.34. The van der Waals surface area contributed by atoms with Crippen molar-refractivity contribution in [2.45, 2.75) is 12.1 Å². The minimum absolute atomic E-state index is 0.0153. The van der Waals surface area contributed by atoms with E-state index in [1.54, 1.807) is 29.4 Å². The molecule has 1 N–H and O–H groups in total. The van der Waals surface area contributed by atoms with Crippen LogP contribution in [-0.2, 0) is 16.1 Å². The number of hydrogen-bond donors (Lipinski definition) is 1. The van der Waals surface area contributed by atoms with Crippen molar-refractivity contribution in [3.8, 4) is 0 Å². The van der Waals surface area contributed by atoms with Gasteiger partial charge >= 0.3 is 0 Å². The normalized spacial score (nSPS) is 18.9. The summed E-state index contributed by atoms with van der Waals surface area (Å²) in [5, 5.41) is 10.3. The summed E-state index contributed by atoms with van der Waals surface area (Å²) in [6, 6.07) is 7.78. The highest BCUT2D eigenvalue weighted by Crippen LogP contribution is 2.35. The van der Waals surface area contributed by atoms with Gasteiger partial charge in [0.15, 0.2) is 5.54 Å². The largest absolute Gasteiger partial charge is 0.364 e. The Labute approximate surface area is 143 Å². The lowest BCUT2D eigenvalue weighted by Crippen LogP contribution is -2.80. The van der Waals surface area contributed by atoms with Gasteiger partial charge in [-0.1, -0.05) is 12.1 Å². The van der Waals surface area contributed by atoms with Crippen LogP contribution in [0.5, 0.6) is 0 Å². The molecule has 2 aliphatic heterocycles. The number of anilines is 1. The zero-order chi connectivity index (χ0) is 17.4. The van der Waals surface area contributed by atoms with Crippen LogP contribution in [0.2, 0.25) is 0 Å². The second-order valence-corrected chi connectivity index (χ2v) is 6.28. The van der Waals surface area contributed by atoms with Gasteiger partial charge in [-0.15, -0.1) is 0 Å². The van der Waals surface area contributed by atoms with Gasteiger partial charge in [-0.05, 0) is 23.8 Å². The summed E-state index contributed by atoms with van der Waals surface area (Å²) in [6.07, 6.45) is 3.21. The Morgan fingerprint density at radius 2 is 1.88 bits per heavy atom. The van der Waals surface area contributed by atoms with Crippen LogP contribution in [-0.4, -0.2) is 52.1 Å². The lowest BCUT2D eigenvalue weighted by Gasteiger charge is -2.56. The SMILES string of the molecule is O=C1CNC(=O)C2(CN(c3ccnnc3)C2)N1Cc1ccc(F)cc1. The van der Waals surface area contributed by atoms with Crippen molar-refractivity contribution in [2.75, 3.05) is 24.5 Å². The molecule has 2 aliphatic rings. The van der Waals surface area contributed by atoms with E-state index in [0.717, 1.165) is 11.3 Å². The first kappa shape index (κ1) is 15.5. The van der Waals surface area contributed by atoms with E-state index in [1.165, 1.54) is 12.1 Å². The van der Waals surface area contributed by atoms with Gasteiger partial charge in [-0.25, -0.2) is 4.39 Å². The quantitative estimate of drug-likeness (QED) is 0.871. The van der Waals surface area contributed by atoms with Gasteiger partial charge in [0.05, 0.1) is 37.7 Å². The second-order valence-electron chi connectivity index (χ2n) is 6.28. The van der Waals surface area contributed by atoms with E-state index in [9.17, 15) is 14.0 Å². The van der Waals surface area contributed by atoms with E-state index < -0.39 is 5.54 Å². The van der Waals surface area contributed by atoms with Gasteiger partial charge in [0.2, 0.25) is 11.8 Å². The molecule has 128 valence electrons. The molecule has 25 heavy (non-hydrogen) atoms. The molecule has 0 bridgehead atoms. The molecule has 0 saturated carbocycles. The highest BCUT2D eigenvalue weighted by atomic mass is 19.1. The van der Waals surface area contributed by atoms with Crippen molar-refractivity contribution in [3.63, 3.8) is 0 Å². The topological polar surface area (TPSA) is 78.4 Å². The van der Waals surface area contributed by atoms with Crippen LogP contribution in [0.3, 0.4) is 0 Å². The first-order valence-electron chi connectivity index (χ1n) is 7.93. The summed E-state index contributed by atoms with van der Waals surface area (Å²) in [5.41, 5.74) is 0.730. The van der Waals surface area contributed by atoms with Gasteiger partial charge in [0.1, 0.15) is 5.82 Å².